The molecule has 0 saturated carbocycles. The first-order valence-electron chi connectivity index (χ1n) is 9.93. The van der Waals surface area contributed by atoms with E-state index in [2.05, 4.69) is 64.6 Å². The molecule has 0 spiro atoms. The zero-order valence-electron chi connectivity index (χ0n) is 17.3. The average Bonchev–Trinajstić information content (AvgIpc) is 3.24. The molecule has 0 aliphatic heterocycles. The highest BCUT2D eigenvalue weighted by molar-refractivity contribution is 8.23. The van der Waals surface area contributed by atoms with Gasteiger partial charge in [0.05, 0.1) is 10.2 Å². The van der Waals surface area contributed by atoms with E-state index in [4.69, 9.17) is 12.2 Å². The monoisotopic (exact) mass is 425 g/mol. The van der Waals surface area contributed by atoms with E-state index in [-0.39, 0.29) is 10.8 Å². The van der Waals surface area contributed by atoms with Crippen molar-refractivity contribution in [2.45, 2.75) is 50.8 Å². The summed E-state index contributed by atoms with van der Waals surface area (Å²) in [5, 5.41) is 8.11. The summed E-state index contributed by atoms with van der Waals surface area (Å²) >= 11 is 7.45. The molecule has 0 radical (unpaired) electrons. The minimum atomic E-state index is 0.145. The Morgan fingerprint density at radius 2 is 2.17 bits per heavy atom. The van der Waals surface area contributed by atoms with Crippen LogP contribution in [0.15, 0.2) is 30.7 Å². The number of anilines is 2. The molecule has 0 amide bonds. The number of thioether (sulfide) groups is 1. The van der Waals surface area contributed by atoms with Crippen LogP contribution in [0.1, 0.15) is 49.9 Å². The van der Waals surface area contributed by atoms with Gasteiger partial charge in [0.2, 0.25) is 0 Å². The Morgan fingerprint density at radius 3 is 2.90 bits per heavy atom. The van der Waals surface area contributed by atoms with Crippen LogP contribution in [0.5, 0.6) is 0 Å². The highest BCUT2D eigenvalue weighted by Crippen LogP contribution is 2.40. The largest absolute Gasteiger partial charge is 0.388 e. The molecule has 0 fully saturated rings. The van der Waals surface area contributed by atoms with Crippen LogP contribution in [0.25, 0.3) is 11.0 Å². The van der Waals surface area contributed by atoms with Gasteiger partial charge in [0.15, 0.2) is 0 Å². The Bertz CT molecular complexity index is 1020. The van der Waals surface area contributed by atoms with E-state index < -0.39 is 0 Å². The number of benzene rings is 1. The number of thiocarbonyl (C=S) groups is 1. The summed E-state index contributed by atoms with van der Waals surface area (Å²) in [4.78, 5) is 11.7. The summed E-state index contributed by atoms with van der Waals surface area (Å²) in [6.45, 7) is 6.62. The Morgan fingerprint density at radius 1 is 1.34 bits per heavy atom. The Balaban J connectivity index is 1.56. The topological polar surface area (TPSA) is 65.6 Å². The maximum atomic E-state index is 5.67. The SMILES string of the molecule is CNc1c(CC(=S)SC(C)(C)C)ccc2c1CCC2Nc1cc2cncnc2[nH]1. The lowest BCUT2D eigenvalue weighted by molar-refractivity contribution is 0.759. The van der Waals surface area contributed by atoms with Gasteiger partial charge in [0.1, 0.15) is 17.8 Å². The van der Waals surface area contributed by atoms with E-state index in [1.165, 1.54) is 22.4 Å². The minimum absolute atomic E-state index is 0.145. The average molecular weight is 426 g/mol. The lowest BCUT2D eigenvalue weighted by Crippen LogP contribution is -2.13. The van der Waals surface area contributed by atoms with Crippen LogP contribution in [-0.4, -0.2) is 30.9 Å². The maximum absolute atomic E-state index is 5.67. The number of H-pyrrole nitrogens is 1. The van der Waals surface area contributed by atoms with Gasteiger partial charge in [-0.05, 0) is 35.6 Å². The molecule has 1 aliphatic rings. The third-order valence-corrected chi connectivity index (χ3v) is 6.50. The lowest BCUT2D eigenvalue weighted by Gasteiger charge is -2.20. The summed E-state index contributed by atoms with van der Waals surface area (Å²) < 4.78 is 1.19. The van der Waals surface area contributed by atoms with Crippen molar-refractivity contribution in [2.75, 3.05) is 17.7 Å². The Labute approximate surface area is 181 Å². The van der Waals surface area contributed by atoms with Gasteiger partial charge >= 0.3 is 0 Å². The molecule has 0 saturated heterocycles. The van der Waals surface area contributed by atoms with Crippen LogP contribution >= 0.6 is 24.0 Å². The third kappa shape index (κ3) is 4.41. The molecule has 4 rings (SSSR count). The second-order valence-corrected chi connectivity index (χ2v) is 11.1. The minimum Gasteiger partial charge on any atom is -0.388 e. The lowest BCUT2D eigenvalue weighted by atomic mass is 10.00. The van der Waals surface area contributed by atoms with Crippen molar-refractivity contribution in [3.05, 3.63) is 47.4 Å². The second kappa shape index (κ2) is 7.95. The summed E-state index contributed by atoms with van der Waals surface area (Å²) in [7, 11) is 2.01. The summed E-state index contributed by atoms with van der Waals surface area (Å²) in [6, 6.07) is 6.85. The van der Waals surface area contributed by atoms with Crippen LogP contribution in [0, 0.1) is 0 Å². The highest BCUT2D eigenvalue weighted by Gasteiger charge is 2.27. The van der Waals surface area contributed by atoms with Crippen molar-refractivity contribution in [1.82, 2.24) is 15.0 Å². The van der Waals surface area contributed by atoms with E-state index in [9.17, 15) is 0 Å². The molecule has 152 valence electrons. The summed E-state index contributed by atoms with van der Waals surface area (Å²) in [5.74, 6) is 0.983. The molecule has 3 aromatic rings. The van der Waals surface area contributed by atoms with Gasteiger partial charge in [0, 0.05) is 35.5 Å². The van der Waals surface area contributed by atoms with Gasteiger partial charge in [-0.3, -0.25) is 0 Å². The fraction of sp³-hybridized carbons (Fsp3) is 0.409. The zero-order chi connectivity index (χ0) is 20.6. The van der Waals surface area contributed by atoms with Crippen molar-refractivity contribution >= 4 is 50.7 Å². The number of fused-ring (bicyclic) bond motifs is 2. The van der Waals surface area contributed by atoms with E-state index in [0.717, 1.165) is 40.3 Å². The van der Waals surface area contributed by atoms with Crippen LogP contribution in [0.4, 0.5) is 11.5 Å². The first-order chi connectivity index (χ1) is 13.8. The number of aromatic nitrogens is 3. The smallest absolute Gasteiger partial charge is 0.142 e. The van der Waals surface area contributed by atoms with Gasteiger partial charge in [-0.1, -0.05) is 45.1 Å². The fourth-order valence-corrected chi connectivity index (χ4v) is 5.85. The maximum Gasteiger partial charge on any atom is 0.142 e. The third-order valence-electron chi connectivity index (χ3n) is 5.12. The molecule has 0 bridgehead atoms. The number of hydrogen-bond acceptors (Lipinski definition) is 6. The van der Waals surface area contributed by atoms with Crippen LogP contribution < -0.4 is 10.6 Å². The van der Waals surface area contributed by atoms with Gasteiger partial charge in [-0.15, -0.1) is 11.8 Å². The number of aromatic amines is 1. The van der Waals surface area contributed by atoms with Crippen molar-refractivity contribution < 1.29 is 0 Å². The molecular formula is C22H27N5S2. The van der Waals surface area contributed by atoms with E-state index >= 15 is 0 Å². The van der Waals surface area contributed by atoms with Crippen LogP contribution in [-0.2, 0) is 12.8 Å². The molecule has 1 aromatic carbocycles. The molecule has 2 heterocycles. The zero-order valence-corrected chi connectivity index (χ0v) is 18.9. The van der Waals surface area contributed by atoms with E-state index in [0.29, 0.717) is 0 Å². The molecule has 3 N–H and O–H groups in total. The second-order valence-electron chi connectivity index (χ2n) is 8.43. The molecule has 5 nitrogen and oxygen atoms in total. The number of nitrogens with one attached hydrogen (secondary N) is 3. The van der Waals surface area contributed by atoms with Gasteiger partial charge < -0.3 is 15.6 Å². The Hall–Kier alpha value is -2.12. The highest BCUT2D eigenvalue weighted by atomic mass is 32.2. The molecular weight excluding hydrogens is 398 g/mol. The van der Waals surface area contributed by atoms with Crippen molar-refractivity contribution in [2.24, 2.45) is 0 Å². The van der Waals surface area contributed by atoms with Crippen molar-refractivity contribution in [3.8, 4) is 0 Å². The van der Waals surface area contributed by atoms with E-state index in [1.54, 1.807) is 18.1 Å². The first kappa shape index (κ1) is 20.2. The van der Waals surface area contributed by atoms with Gasteiger partial charge in [0.25, 0.3) is 0 Å². The van der Waals surface area contributed by atoms with Crippen molar-refractivity contribution in [3.63, 3.8) is 0 Å². The molecule has 2 aromatic heterocycles. The number of rotatable bonds is 5. The predicted molar refractivity (Wildman–Crippen MR) is 128 cm³/mol. The summed E-state index contributed by atoms with van der Waals surface area (Å²) in [6.07, 6.45) is 6.33. The molecule has 29 heavy (non-hydrogen) atoms. The Kier molecular flexibility index (Phi) is 5.53. The number of nitrogens with zero attached hydrogens (tertiary/aromatic N) is 2. The molecule has 1 aliphatic carbocycles. The first-order valence-corrected chi connectivity index (χ1v) is 11.2. The van der Waals surface area contributed by atoms with Crippen LogP contribution in [0.2, 0.25) is 0 Å². The molecule has 1 atom stereocenters. The fourth-order valence-electron chi connectivity index (χ4n) is 4.03. The van der Waals surface area contributed by atoms with E-state index in [1.807, 2.05) is 13.2 Å². The van der Waals surface area contributed by atoms with Gasteiger partial charge in [-0.2, -0.15) is 0 Å². The molecule has 1 unspecified atom stereocenters. The van der Waals surface area contributed by atoms with Crippen LogP contribution in [0.3, 0.4) is 0 Å². The number of hydrogen-bond donors (Lipinski definition) is 3. The quantitative estimate of drug-likeness (QED) is 0.469. The van der Waals surface area contributed by atoms with Crippen molar-refractivity contribution in [1.29, 1.82) is 0 Å². The predicted octanol–water partition coefficient (Wildman–Crippen LogP) is 5.50. The standard InChI is InChI=1S/C22H27N5S2/c1-22(2,3)29-19(28)10-13-5-6-15-16(20(13)23-4)7-8-17(15)26-18-9-14-11-24-12-25-21(14)27-18/h5-6,9,11-12,17,23,26H,7-8,10H2,1-4H3,(H,24,25,27). The summed E-state index contributed by atoms with van der Waals surface area (Å²) in [5.41, 5.74) is 6.15. The molecule has 7 heteroatoms. The normalized spacial score (nSPS) is 16.1. The van der Waals surface area contributed by atoms with Gasteiger partial charge in [-0.25, -0.2) is 9.97 Å².